The average molecular weight is 283 g/mol. The number of carbonyl (C=O) groups excluding carboxylic acids is 1. The Kier molecular flexibility index (Phi) is 4.32. The SMILES string of the molecule is Cc1ccc(C)c(C(=O)N(C)C(C)c2ccc(O)cc2)c1. The number of amides is 1. The Hall–Kier alpha value is -2.29. The Morgan fingerprint density at radius 2 is 1.71 bits per heavy atom. The second kappa shape index (κ2) is 6.00. The van der Waals surface area contributed by atoms with Crippen LogP contribution in [0.25, 0.3) is 0 Å². The Morgan fingerprint density at radius 3 is 2.33 bits per heavy atom. The minimum Gasteiger partial charge on any atom is -0.508 e. The van der Waals surface area contributed by atoms with Gasteiger partial charge < -0.3 is 10.0 Å². The van der Waals surface area contributed by atoms with Crippen LogP contribution >= 0.6 is 0 Å². The van der Waals surface area contributed by atoms with Gasteiger partial charge in [-0.1, -0.05) is 29.8 Å². The van der Waals surface area contributed by atoms with Crippen molar-refractivity contribution in [2.45, 2.75) is 26.8 Å². The maximum absolute atomic E-state index is 12.7. The van der Waals surface area contributed by atoms with Crippen LogP contribution in [0.5, 0.6) is 5.75 Å². The molecule has 0 bridgehead atoms. The van der Waals surface area contributed by atoms with E-state index in [4.69, 9.17) is 0 Å². The fraction of sp³-hybridized carbons (Fsp3) is 0.278. The van der Waals surface area contributed by atoms with E-state index in [0.717, 1.165) is 22.3 Å². The number of hydrogen-bond donors (Lipinski definition) is 1. The molecule has 0 saturated heterocycles. The topological polar surface area (TPSA) is 40.5 Å². The monoisotopic (exact) mass is 283 g/mol. The molecule has 0 fully saturated rings. The summed E-state index contributed by atoms with van der Waals surface area (Å²) in [6, 6.07) is 12.8. The quantitative estimate of drug-likeness (QED) is 0.929. The number of phenols is 1. The molecule has 1 amide bonds. The highest BCUT2D eigenvalue weighted by molar-refractivity contribution is 5.95. The van der Waals surface area contributed by atoms with Gasteiger partial charge in [0, 0.05) is 12.6 Å². The van der Waals surface area contributed by atoms with Crippen molar-refractivity contribution in [1.29, 1.82) is 0 Å². The summed E-state index contributed by atoms with van der Waals surface area (Å²) in [5.74, 6) is 0.242. The summed E-state index contributed by atoms with van der Waals surface area (Å²) in [5.41, 5.74) is 3.79. The lowest BCUT2D eigenvalue weighted by atomic mass is 10.0. The number of aromatic hydroxyl groups is 1. The third-order valence-corrected chi connectivity index (χ3v) is 3.90. The molecule has 0 radical (unpaired) electrons. The van der Waals surface area contributed by atoms with Crippen LogP contribution in [0.15, 0.2) is 42.5 Å². The fourth-order valence-electron chi connectivity index (χ4n) is 2.31. The number of phenolic OH excluding ortho intramolecular Hbond substituents is 1. The van der Waals surface area contributed by atoms with Gasteiger partial charge >= 0.3 is 0 Å². The molecule has 0 aliphatic rings. The van der Waals surface area contributed by atoms with Crippen molar-refractivity contribution < 1.29 is 9.90 Å². The third-order valence-electron chi connectivity index (χ3n) is 3.90. The van der Waals surface area contributed by atoms with E-state index in [-0.39, 0.29) is 17.7 Å². The highest BCUT2D eigenvalue weighted by atomic mass is 16.3. The van der Waals surface area contributed by atoms with Crippen LogP contribution in [-0.2, 0) is 0 Å². The number of aryl methyl sites for hydroxylation is 2. The van der Waals surface area contributed by atoms with Gasteiger partial charge in [-0.25, -0.2) is 0 Å². The summed E-state index contributed by atoms with van der Waals surface area (Å²) in [6.07, 6.45) is 0. The van der Waals surface area contributed by atoms with Gasteiger partial charge in [0.1, 0.15) is 5.75 Å². The van der Waals surface area contributed by atoms with Gasteiger partial charge in [0.15, 0.2) is 0 Å². The van der Waals surface area contributed by atoms with Crippen molar-refractivity contribution in [1.82, 2.24) is 4.90 Å². The zero-order chi connectivity index (χ0) is 15.6. The van der Waals surface area contributed by atoms with E-state index in [0.29, 0.717) is 0 Å². The van der Waals surface area contributed by atoms with Gasteiger partial charge in [-0.3, -0.25) is 4.79 Å². The van der Waals surface area contributed by atoms with Gasteiger partial charge in [0.2, 0.25) is 0 Å². The van der Waals surface area contributed by atoms with Crippen molar-refractivity contribution in [3.8, 4) is 5.75 Å². The molecule has 21 heavy (non-hydrogen) atoms. The van der Waals surface area contributed by atoms with E-state index in [9.17, 15) is 9.90 Å². The van der Waals surface area contributed by atoms with Crippen LogP contribution < -0.4 is 0 Å². The maximum Gasteiger partial charge on any atom is 0.254 e. The Balaban J connectivity index is 2.26. The maximum atomic E-state index is 12.7. The van der Waals surface area contributed by atoms with Crippen molar-refractivity contribution >= 4 is 5.91 Å². The zero-order valence-corrected chi connectivity index (χ0v) is 12.9. The molecule has 3 heteroatoms. The summed E-state index contributed by atoms with van der Waals surface area (Å²) >= 11 is 0. The van der Waals surface area contributed by atoms with Crippen molar-refractivity contribution in [2.24, 2.45) is 0 Å². The molecule has 0 heterocycles. The zero-order valence-electron chi connectivity index (χ0n) is 12.9. The molecule has 1 unspecified atom stereocenters. The first-order chi connectivity index (χ1) is 9.90. The number of rotatable bonds is 3. The van der Waals surface area contributed by atoms with E-state index in [2.05, 4.69) is 0 Å². The Labute approximate surface area is 125 Å². The Bertz CT molecular complexity index is 647. The van der Waals surface area contributed by atoms with Crippen LogP contribution in [-0.4, -0.2) is 23.0 Å². The molecule has 0 aliphatic heterocycles. The number of benzene rings is 2. The van der Waals surface area contributed by atoms with E-state index >= 15 is 0 Å². The molecule has 0 spiro atoms. The minimum atomic E-state index is -0.0574. The van der Waals surface area contributed by atoms with Crippen LogP contribution in [0.2, 0.25) is 0 Å². The van der Waals surface area contributed by atoms with E-state index < -0.39 is 0 Å². The molecule has 0 saturated carbocycles. The fourth-order valence-corrected chi connectivity index (χ4v) is 2.31. The van der Waals surface area contributed by atoms with Crippen LogP contribution in [0, 0.1) is 13.8 Å². The van der Waals surface area contributed by atoms with Crippen LogP contribution in [0.3, 0.4) is 0 Å². The lowest BCUT2D eigenvalue weighted by Crippen LogP contribution is -2.30. The Morgan fingerprint density at radius 1 is 1.10 bits per heavy atom. The van der Waals surface area contributed by atoms with Crippen molar-refractivity contribution in [3.63, 3.8) is 0 Å². The number of carbonyl (C=O) groups is 1. The highest BCUT2D eigenvalue weighted by Crippen LogP contribution is 2.23. The second-order valence-corrected chi connectivity index (χ2v) is 5.50. The molecule has 1 atom stereocenters. The standard InChI is InChI=1S/C18H21NO2/c1-12-5-6-13(2)17(11-12)18(21)19(4)14(3)15-7-9-16(20)10-8-15/h5-11,14,20H,1-4H3. The molecule has 110 valence electrons. The summed E-state index contributed by atoms with van der Waals surface area (Å²) < 4.78 is 0. The largest absolute Gasteiger partial charge is 0.508 e. The molecule has 2 aromatic rings. The summed E-state index contributed by atoms with van der Waals surface area (Å²) in [6.45, 7) is 5.92. The summed E-state index contributed by atoms with van der Waals surface area (Å²) in [7, 11) is 1.81. The molecule has 0 aliphatic carbocycles. The van der Waals surface area contributed by atoms with E-state index in [1.165, 1.54) is 0 Å². The minimum absolute atomic E-state index is 0.0109. The predicted molar refractivity (Wildman–Crippen MR) is 84.5 cm³/mol. The number of hydrogen-bond acceptors (Lipinski definition) is 2. The second-order valence-electron chi connectivity index (χ2n) is 5.50. The summed E-state index contributed by atoms with van der Waals surface area (Å²) in [4.78, 5) is 14.4. The lowest BCUT2D eigenvalue weighted by Gasteiger charge is -2.26. The van der Waals surface area contributed by atoms with Crippen molar-refractivity contribution in [3.05, 3.63) is 64.7 Å². The van der Waals surface area contributed by atoms with Crippen LogP contribution in [0.4, 0.5) is 0 Å². The molecule has 3 nitrogen and oxygen atoms in total. The first-order valence-electron chi connectivity index (χ1n) is 7.03. The molecule has 1 N–H and O–H groups in total. The number of nitrogens with zero attached hydrogens (tertiary/aromatic N) is 1. The molecule has 2 aromatic carbocycles. The first-order valence-corrected chi connectivity index (χ1v) is 7.03. The van der Waals surface area contributed by atoms with E-state index in [1.807, 2.05) is 58.2 Å². The lowest BCUT2D eigenvalue weighted by molar-refractivity contribution is 0.0742. The first kappa shape index (κ1) is 15.1. The van der Waals surface area contributed by atoms with E-state index in [1.54, 1.807) is 17.0 Å². The van der Waals surface area contributed by atoms with Gasteiger partial charge in [0.25, 0.3) is 5.91 Å². The van der Waals surface area contributed by atoms with Crippen molar-refractivity contribution in [2.75, 3.05) is 7.05 Å². The smallest absolute Gasteiger partial charge is 0.254 e. The van der Waals surface area contributed by atoms with Crippen LogP contribution in [0.1, 0.15) is 40.0 Å². The highest BCUT2D eigenvalue weighted by Gasteiger charge is 2.20. The third kappa shape index (κ3) is 3.24. The van der Waals surface area contributed by atoms with Gasteiger partial charge in [0.05, 0.1) is 6.04 Å². The van der Waals surface area contributed by atoms with Gasteiger partial charge in [-0.05, 0) is 50.1 Å². The van der Waals surface area contributed by atoms with Gasteiger partial charge in [-0.15, -0.1) is 0 Å². The molecule has 0 aromatic heterocycles. The normalized spacial score (nSPS) is 12.0. The molecular formula is C18H21NO2. The average Bonchev–Trinajstić information content (AvgIpc) is 2.48. The predicted octanol–water partition coefficient (Wildman–Crippen LogP) is 3.84. The molecular weight excluding hydrogens is 262 g/mol. The van der Waals surface area contributed by atoms with Gasteiger partial charge in [-0.2, -0.15) is 0 Å². The summed E-state index contributed by atoms with van der Waals surface area (Å²) in [5, 5.41) is 9.35. The molecule has 2 rings (SSSR count).